The van der Waals surface area contributed by atoms with Crippen molar-refractivity contribution in [3.63, 3.8) is 0 Å². The highest BCUT2D eigenvalue weighted by molar-refractivity contribution is 5.87. The fourth-order valence-electron chi connectivity index (χ4n) is 9.55. The maximum Gasteiger partial charge on any atom is 0.302 e. The van der Waals surface area contributed by atoms with Crippen molar-refractivity contribution in [1.29, 1.82) is 0 Å². The molecule has 1 aliphatic heterocycles. The first-order chi connectivity index (χ1) is 17.4. The van der Waals surface area contributed by atoms with E-state index in [0.717, 1.165) is 44.3 Å². The number of hydrogen-bond acceptors (Lipinski definition) is 6. The third-order valence-corrected chi connectivity index (χ3v) is 11.5. The van der Waals surface area contributed by atoms with Gasteiger partial charge in [-0.1, -0.05) is 20.8 Å². The van der Waals surface area contributed by atoms with E-state index in [1.807, 2.05) is 0 Å². The summed E-state index contributed by atoms with van der Waals surface area (Å²) in [6.07, 6.45) is 8.83. The van der Waals surface area contributed by atoms with Gasteiger partial charge in [-0.25, -0.2) is 0 Å². The van der Waals surface area contributed by atoms with E-state index in [4.69, 9.17) is 14.2 Å². The van der Waals surface area contributed by atoms with Crippen LogP contribution in [0.4, 0.5) is 0 Å². The van der Waals surface area contributed by atoms with Gasteiger partial charge in [0.15, 0.2) is 0 Å². The molecule has 0 radical (unpaired) electrons. The number of carbonyl (C=O) groups excluding carboxylic acids is 3. The van der Waals surface area contributed by atoms with Gasteiger partial charge in [0.25, 0.3) is 0 Å². The first-order valence-corrected chi connectivity index (χ1v) is 14.6. The lowest BCUT2D eigenvalue weighted by atomic mass is 9.44. The fraction of sp³-hybridized carbons (Fsp3) is 0.839. The summed E-state index contributed by atoms with van der Waals surface area (Å²) >= 11 is 0. The number of allylic oxidation sites excluding steroid dienone is 1. The Kier molecular flexibility index (Phi) is 7.02. The second-order valence-electron chi connectivity index (χ2n) is 13.5. The number of Topliss-reactive ketones (excluding diaryl/α,β-unsaturated/α-hetero) is 1. The van der Waals surface area contributed by atoms with Gasteiger partial charge in [-0.15, -0.1) is 0 Å². The molecule has 6 heteroatoms. The molecule has 5 aliphatic rings. The highest BCUT2D eigenvalue weighted by Crippen LogP contribution is 2.68. The maximum atomic E-state index is 14.1. The molecule has 0 unspecified atom stereocenters. The van der Waals surface area contributed by atoms with Crippen molar-refractivity contribution in [2.24, 2.45) is 46.3 Å². The summed E-state index contributed by atoms with van der Waals surface area (Å²) in [4.78, 5) is 36.8. The Labute approximate surface area is 222 Å². The van der Waals surface area contributed by atoms with Gasteiger partial charge < -0.3 is 14.2 Å². The van der Waals surface area contributed by atoms with E-state index >= 15 is 0 Å². The molecule has 206 valence electrons. The molecular formula is C31H46O6. The van der Waals surface area contributed by atoms with Crippen LogP contribution in [0.3, 0.4) is 0 Å². The third kappa shape index (κ3) is 4.44. The van der Waals surface area contributed by atoms with Crippen LogP contribution in [0.25, 0.3) is 0 Å². The molecule has 0 saturated heterocycles. The van der Waals surface area contributed by atoms with Crippen molar-refractivity contribution < 1.29 is 28.6 Å². The van der Waals surface area contributed by atoms with E-state index < -0.39 is 0 Å². The molecule has 0 bridgehead atoms. The van der Waals surface area contributed by atoms with Gasteiger partial charge in [-0.2, -0.15) is 0 Å². The second kappa shape index (κ2) is 9.72. The standard InChI is InChI=1S/C31H46O6/c1-17(16-35-19(3)32)7-10-26-18(2)29-27(37-26)14-25-23-9-8-21-13-22(36-20(4)33)11-12-30(21,5)24(23)15-28(34)31(25,29)6/h17,21-25,27,29H,7-16H2,1-6H3/t17-,21-,22-,23-,24-,25+,27+,29-,30+,31-/m1/s1. The average Bonchev–Trinajstić information content (AvgIpc) is 3.31. The molecule has 0 N–H and O–H groups in total. The first-order valence-electron chi connectivity index (χ1n) is 14.6. The smallest absolute Gasteiger partial charge is 0.302 e. The summed E-state index contributed by atoms with van der Waals surface area (Å²) in [5.41, 5.74) is 1.10. The minimum atomic E-state index is -0.334. The number of ketones is 1. The Morgan fingerprint density at radius 2 is 1.84 bits per heavy atom. The van der Waals surface area contributed by atoms with E-state index in [2.05, 4.69) is 27.7 Å². The zero-order valence-corrected chi connectivity index (χ0v) is 23.6. The van der Waals surface area contributed by atoms with Gasteiger partial charge in [-0.05, 0) is 92.4 Å². The van der Waals surface area contributed by atoms with Crippen LogP contribution in [-0.2, 0) is 28.6 Å². The van der Waals surface area contributed by atoms with Crippen LogP contribution >= 0.6 is 0 Å². The van der Waals surface area contributed by atoms with Gasteiger partial charge in [-0.3, -0.25) is 14.4 Å². The van der Waals surface area contributed by atoms with Crippen molar-refractivity contribution in [1.82, 2.24) is 0 Å². The van der Waals surface area contributed by atoms with Crippen molar-refractivity contribution in [3.8, 4) is 0 Å². The number of fused-ring (bicyclic) bond motifs is 7. The molecule has 4 fully saturated rings. The SMILES string of the molecule is CC(=O)OC[C@H](C)CCC1=C(C)[C@@H]2[C@H](C[C@H]3[C@@H]4CC[C@@H]5C[C@H](OC(C)=O)CC[C@]5(C)[C@@H]4CC(=O)[C@]23C)O1. The second-order valence-corrected chi connectivity index (χ2v) is 13.5. The maximum absolute atomic E-state index is 14.1. The Morgan fingerprint density at radius 1 is 1.08 bits per heavy atom. The predicted octanol–water partition coefficient (Wildman–Crippen LogP) is 6.02. The van der Waals surface area contributed by atoms with Crippen LogP contribution in [-0.4, -0.2) is 36.5 Å². The van der Waals surface area contributed by atoms with Gasteiger partial charge in [0.2, 0.25) is 0 Å². The summed E-state index contributed by atoms with van der Waals surface area (Å²) < 4.78 is 17.4. The lowest BCUT2D eigenvalue weighted by Gasteiger charge is -2.60. The molecule has 10 atom stereocenters. The van der Waals surface area contributed by atoms with Crippen LogP contribution < -0.4 is 0 Å². The van der Waals surface area contributed by atoms with E-state index in [9.17, 15) is 14.4 Å². The highest BCUT2D eigenvalue weighted by Gasteiger charge is 2.67. The van der Waals surface area contributed by atoms with Crippen LogP contribution in [0, 0.1) is 46.3 Å². The molecule has 0 spiro atoms. The molecule has 0 aromatic heterocycles. The number of hydrogen-bond donors (Lipinski definition) is 0. The topological polar surface area (TPSA) is 78.9 Å². The highest BCUT2D eigenvalue weighted by atomic mass is 16.5. The lowest BCUT2D eigenvalue weighted by molar-refractivity contribution is -0.165. The summed E-state index contributed by atoms with van der Waals surface area (Å²) in [6, 6.07) is 0. The summed E-state index contributed by atoms with van der Waals surface area (Å²) in [5.74, 6) is 3.49. The molecule has 1 heterocycles. The monoisotopic (exact) mass is 514 g/mol. The molecular weight excluding hydrogens is 468 g/mol. The normalized spacial score (nSPS) is 43.2. The molecule has 6 nitrogen and oxygen atoms in total. The van der Waals surface area contributed by atoms with Crippen molar-refractivity contribution in [2.75, 3.05) is 6.61 Å². The average molecular weight is 515 g/mol. The Balaban J connectivity index is 1.30. The predicted molar refractivity (Wildman–Crippen MR) is 139 cm³/mol. The van der Waals surface area contributed by atoms with Crippen LogP contribution in [0.1, 0.15) is 99.3 Å². The van der Waals surface area contributed by atoms with Crippen molar-refractivity contribution in [3.05, 3.63) is 11.3 Å². The summed E-state index contributed by atoms with van der Waals surface area (Å²) in [6.45, 7) is 12.4. The van der Waals surface area contributed by atoms with Gasteiger partial charge in [0, 0.05) is 38.0 Å². The van der Waals surface area contributed by atoms with Gasteiger partial charge >= 0.3 is 11.9 Å². The van der Waals surface area contributed by atoms with E-state index in [0.29, 0.717) is 42.5 Å². The lowest BCUT2D eigenvalue weighted by Crippen LogP contribution is -2.57. The number of carbonyl (C=O) groups is 3. The van der Waals surface area contributed by atoms with Crippen LogP contribution in [0.15, 0.2) is 11.3 Å². The van der Waals surface area contributed by atoms with Crippen molar-refractivity contribution >= 4 is 17.7 Å². The van der Waals surface area contributed by atoms with E-state index in [-0.39, 0.29) is 46.8 Å². The largest absolute Gasteiger partial charge is 0.494 e. The fourth-order valence-corrected chi connectivity index (χ4v) is 9.55. The molecule has 0 amide bonds. The quantitative estimate of drug-likeness (QED) is 0.404. The molecule has 0 aromatic carbocycles. The summed E-state index contributed by atoms with van der Waals surface area (Å²) in [7, 11) is 0. The van der Waals surface area contributed by atoms with Crippen LogP contribution in [0.2, 0.25) is 0 Å². The number of ether oxygens (including phenoxy) is 3. The number of rotatable bonds is 6. The van der Waals surface area contributed by atoms with E-state index in [1.165, 1.54) is 32.3 Å². The Morgan fingerprint density at radius 3 is 2.54 bits per heavy atom. The molecule has 4 saturated carbocycles. The van der Waals surface area contributed by atoms with E-state index in [1.54, 1.807) is 0 Å². The Hall–Kier alpha value is -1.85. The molecule has 5 rings (SSSR count). The number of esters is 2. The summed E-state index contributed by atoms with van der Waals surface area (Å²) in [5, 5.41) is 0. The zero-order chi connectivity index (χ0) is 26.7. The minimum Gasteiger partial charge on any atom is -0.494 e. The zero-order valence-electron chi connectivity index (χ0n) is 23.6. The molecule has 37 heavy (non-hydrogen) atoms. The molecule has 4 aliphatic carbocycles. The van der Waals surface area contributed by atoms with Gasteiger partial charge in [0.05, 0.1) is 12.4 Å². The Bertz CT molecular complexity index is 984. The minimum absolute atomic E-state index is 0.0406. The first kappa shape index (κ1) is 26.7. The van der Waals surface area contributed by atoms with Crippen LogP contribution in [0.5, 0.6) is 0 Å². The van der Waals surface area contributed by atoms with Gasteiger partial charge in [0.1, 0.15) is 18.0 Å². The van der Waals surface area contributed by atoms with Crippen molar-refractivity contribution in [2.45, 2.75) is 112 Å². The molecule has 0 aromatic rings. The third-order valence-electron chi connectivity index (χ3n) is 11.5.